The predicted octanol–water partition coefficient (Wildman–Crippen LogP) is 4.35. The van der Waals surface area contributed by atoms with Crippen LogP contribution >= 0.6 is 11.3 Å². The summed E-state index contributed by atoms with van der Waals surface area (Å²) in [7, 11) is 0. The smallest absolute Gasteiger partial charge is 0.410 e. The molecule has 54 heavy (non-hydrogen) atoms. The van der Waals surface area contributed by atoms with Gasteiger partial charge in [-0.3, -0.25) is 24.6 Å². The van der Waals surface area contributed by atoms with Crippen LogP contribution in [0.5, 0.6) is 0 Å². The SMILES string of the molecule is CC(=O)NCCN(C[C@H]1C[C@@H](C(=O)N[C@H](C)c2cc(C(=N)N)cs2)N(C(=O)CNC(=O)c2ccc3c(c2)-c2ccccc2C3(F)F)C1)C(=O)OC(C)(C)C. The maximum atomic E-state index is 15.1. The Labute approximate surface area is 316 Å². The molecule has 0 unspecified atom stereocenters. The predicted molar refractivity (Wildman–Crippen MR) is 199 cm³/mol. The zero-order chi connectivity index (χ0) is 39.5. The zero-order valence-corrected chi connectivity index (χ0v) is 31.6. The van der Waals surface area contributed by atoms with E-state index in [1.165, 1.54) is 58.4 Å². The number of amidine groups is 1. The number of carbonyl (C=O) groups is 5. The molecular formula is C38H45F2N7O6S. The molecule has 5 rings (SSSR count). The first-order valence-corrected chi connectivity index (χ1v) is 18.4. The highest BCUT2D eigenvalue weighted by Gasteiger charge is 2.45. The van der Waals surface area contributed by atoms with Crippen molar-refractivity contribution < 1.29 is 37.5 Å². The molecule has 6 N–H and O–H groups in total. The summed E-state index contributed by atoms with van der Waals surface area (Å²) in [4.78, 5) is 69.2. The van der Waals surface area contributed by atoms with Gasteiger partial charge in [-0.15, -0.1) is 11.3 Å². The van der Waals surface area contributed by atoms with Crippen LogP contribution in [-0.4, -0.2) is 89.7 Å². The Balaban J connectivity index is 1.33. The van der Waals surface area contributed by atoms with Gasteiger partial charge in [-0.1, -0.05) is 30.3 Å². The van der Waals surface area contributed by atoms with Crippen molar-refractivity contribution in [1.82, 2.24) is 25.8 Å². The molecule has 1 aromatic heterocycles. The highest BCUT2D eigenvalue weighted by Crippen LogP contribution is 2.51. The van der Waals surface area contributed by atoms with Crippen LogP contribution in [0.2, 0.25) is 0 Å². The van der Waals surface area contributed by atoms with Gasteiger partial charge < -0.3 is 36.2 Å². The third-order valence-electron chi connectivity index (χ3n) is 9.19. The Morgan fingerprint density at radius 1 is 1.06 bits per heavy atom. The normalized spacial score (nSPS) is 17.5. The summed E-state index contributed by atoms with van der Waals surface area (Å²) >= 11 is 1.32. The minimum Gasteiger partial charge on any atom is -0.444 e. The molecular weight excluding hydrogens is 721 g/mol. The molecule has 1 fully saturated rings. The number of amides is 5. The van der Waals surface area contributed by atoms with E-state index in [9.17, 15) is 24.0 Å². The molecule has 3 atom stereocenters. The Bertz CT molecular complexity index is 1960. The van der Waals surface area contributed by atoms with E-state index < -0.39 is 54.0 Å². The number of ether oxygens (including phenoxy) is 1. The van der Waals surface area contributed by atoms with Crippen LogP contribution in [0.1, 0.15) is 79.0 Å². The fraction of sp³-hybridized carbons (Fsp3) is 0.421. The fourth-order valence-corrected chi connectivity index (χ4v) is 7.54. The van der Waals surface area contributed by atoms with Gasteiger partial charge in [0.1, 0.15) is 17.5 Å². The number of nitrogens with two attached hydrogens (primary N) is 1. The first-order valence-electron chi connectivity index (χ1n) is 17.5. The van der Waals surface area contributed by atoms with Crippen LogP contribution in [0.3, 0.4) is 0 Å². The second-order valence-corrected chi connectivity index (χ2v) is 15.5. The summed E-state index contributed by atoms with van der Waals surface area (Å²) < 4.78 is 35.8. The highest BCUT2D eigenvalue weighted by atomic mass is 32.1. The number of thiophene rings is 1. The number of likely N-dealkylation sites (tertiary alicyclic amines) is 1. The van der Waals surface area contributed by atoms with Crippen molar-refractivity contribution >= 4 is 46.9 Å². The van der Waals surface area contributed by atoms with Crippen molar-refractivity contribution in [3.63, 3.8) is 0 Å². The molecule has 5 amide bonds. The summed E-state index contributed by atoms with van der Waals surface area (Å²) in [6.45, 7) is 8.29. The lowest BCUT2D eigenvalue weighted by molar-refractivity contribution is -0.138. The molecule has 288 valence electrons. The van der Waals surface area contributed by atoms with Crippen LogP contribution in [0.25, 0.3) is 11.1 Å². The Morgan fingerprint density at radius 2 is 1.76 bits per heavy atom. The van der Waals surface area contributed by atoms with E-state index in [4.69, 9.17) is 15.9 Å². The number of rotatable bonds is 12. The number of halogens is 2. The number of benzene rings is 2. The van der Waals surface area contributed by atoms with Crippen molar-refractivity contribution in [2.24, 2.45) is 11.7 Å². The summed E-state index contributed by atoms with van der Waals surface area (Å²) in [5.41, 5.74) is 5.63. The van der Waals surface area contributed by atoms with Crippen molar-refractivity contribution in [2.45, 2.75) is 64.6 Å². The fourth-order valence-electron chi connectivity index (χ4n) is 6.62. The lowest BCUT2D eigenvalue weighted by Gasteiger charge is -2.29. The van der Waals surface area contributed by atoms with Gasteiger partial charge in [0.2, 0.25) is 17.7 Å². The Kier molecular flexibility index (Phi) is 11.7. The lowest BCUT2D eigenvalue weighted by atomic mass is 10.0. The molecule has 0 radical (unpaired) electrons. The van der Waals surface area contributed by atoms with E-state index in [1.54, 1.807) is 51.3 Å². The summed E-state index contributed by atoms with van der Waals surface area (Å²) in [5, 5.41) is 17.6. The van der Waals surface area contributed by atoms with E-state index in [2.05, 4.69) is 16.0 Å². The van der Waals surface area contributed by atoms with Crippen LogP contribution < -0.4 is 21.7 Å². The average molecular weight is 766 g/mol. The minimum atomic E-state index is -3.21. The molecule has 1 saturated heterocycles. The highest BCUT2D eigenvalue weighted by molar-refractivity contribution is 7.10. The van der Waals surface area contributed by atoms with Crippen LogP contribution in [0, 0.1) is 11.3 Å². The Morgan fingerprint density at radius 3 is 2.43 bits per heavy atom. The molecule has 16 heteroatoms. The van der Waals surface area contributed by atoms with Crippen molar-refractivity contribution in [3.8, 4) is 11.1 Å². The third-order valence-corrected chi connectivity index (χ3v) is 10.3. The molecule has 0 bridgehead atoms. The van der Waals surface area contributed by atoms with Crippen LogP contribution in [0.15, 0.2) is 53.9 Å². The number of hydrogen-bond donors (Lipinski definition) is 5. The van der Waals surface area contributed by atoms with E-state index >= 15 is 8.78 Å². The monoisotopic (exact) mass is 765 g/mol. The topological polar surface area (TPSA) is 187 Å². The second-order valence-electron chi connectivity index (χ2n) is 14.5. The van der Waals surface area contributed by atoms with Crippen molar-refractivity contribution in [3.05, 3.63) is 81.0 Å². The number of nitrogen functional groups attached to an aromatic ring is 1. The largest absolute Gasteiger partial charge is 0.444 e. The van der Waals surface area contributed by atoms with Gasteiger partial charge in [0.25, 0.3) is 11.8 Å². The minimum absolute atomic E-state index is 0.0683. The van der Waals surface area contributed by atoms with E-state index in [1.807, 2.05) is 0 Å². The van der Waals surface area contributed by atoms with E-state index in [-0.39, 0.29) is 72.5 Å². The van der Waals surface area contributed by atoms with E-state index in [0.717, 1.165) is 4.88 Å². The van der Waals surface area contributed by atoms with Gasteiger partial charge >= 0.3 is 6.09 Å². The van der Waals surface area contributed by atoms with E-state index in [0.29, 0.717) is 11.1 Å². The van der Waals surface area contributed by atoms with Gasteiger partial charge in [-0.05, 0) is 69.4 Å². The number of alkyl halides is 2. The number of carbonyl (C=O) groups excluding carboxylic acids is 5. The van der Waals surface area contributed by atoms with Gasteiger partial charge in [-0.2, -0.15) is 8.78 Å². The summed E-state index contributed by atoms with van der Waals surface area (Å²) in [5.74, 6) is -5.64. The quantitative estimate of drug-likeness (QED) is 0.134. The second kappa shape index (κ2) is 15.9. The van der Waals surface area contributed by atoms with Gasteiger partial charge in [0.05, 0.1) is 12.6 Å². The number of nitrogens with zero attached hydrogens (tertiary/aromatic N) is 2. The van der Waals surface area contributed by atoms with Gasteiger partial charge in [-0.25, -0.2) is 4.79 Å². The first kappa shape index (κ1) is 39.8. The van der Waals surface area contributed by atoms with Crippen LogP contribution in [0.4, 0.5) is 13.6 Å². The standard InChI is InChI=1S/C38H45F2N7O6S/c1-21(31-16-25(20-54-31)33(41)42)45-35(51)30-14-23(18-46(13-12-43-22(2)48)36(52)53-37(3,4)5)19-47(30)32(49)17-44-34(50)24-10-11-29-27(15-24)26-8-6-7-9-28(26)38(29,39)40/h6-11,15-16,20-21,23,30H,12-14,17-19H2,1-5H3,(H3,41,42)(H,43,48)(H,44,50)(H,45,51)/t21-,23-,30+/m1/s1. The molecule has 1 aliphatic carbocycles. The molecule has 3 aromatic rings. The average Bonchev–Trinajstić information content (AvgIpc) is 3.82. The molecule has 2 aromatic carbocycles. The number of fused-ring (bicyclic) bond motifs is 3. The Hall–Kier alpha value is -5.38. The zero-order valence-electron chi connectivity index (χ0n) is 30.8. The summed E-state index contributed by atoms with van der Waals surface area (Å²) in [6.07, 6.45) is -0.438. The third kappa shape index (κ3) is 9.04. The van der Waals surface area contributed by atoms with Gasteiger partial charge in [0, 0.05) is 65.6 Å². The summed E-state index contributed by atoms with van der Waals surface area (Å²) in [6, 6.07) is 10.2. The number of hydrogen-bond acceptors (Lipinski definition) is 8. The first-order chi connectivity index (χ1) is 25.4. The number of nitrogens with one attached hydrogen (secondary N) is 4. The molecule has 1 aliphatic heterocycles. The lowest BCUT2D eigenvalue weighted by Crippen LogP contribution is -2.49. The van der Waals surface area contributed by atoms with Gasteiger partial charge in [0.15, 0.2) is 0 Å². The maximum absolute atomic E-state index is 15.1. The molecule has 0 spiro atoms. The molecule has 2 heterocycles. The van der Waals surface area contributed by atoms with Crippen molar-refractivity contribution in [2.75, 3.05) is 32.7 Å². The maximum Gasteiger partial charge on any atom is 0.410 e. The molecule has 2 aliphatic rings. The molecule has 13 nitrogen and oxygen atoms in total. The van der Waals surface area contributed by atoms with Crippen molar-refractivity contribution in [1.29, 1.82) is 5.41 Å². The van der Waals surface area contributed by atoms with Crippen LogP contribution in [-0.2, 0) is 25.0 Å². The molecule has 0 saturated carbocycles.